The maximum atomic E-state index is 13.5. The van der Waals surface area contributed by atoms with Crippen molar-refractivity contribution < 1.29 is 14.4 Å². The summed E-state index contributed by atoms with van der Waals surface area (Å²) in [5.41, 5.74) is 1.68. The first kappa shape index (κ1) is 22.1. The average Bonchev–Trinajstić information content (AvgIpc) is 3.36. The van der Waals surface area contributed by atoms with Gasteiger partial charge in [0.2, 0.25) is 5.91 Å². The number of piperidine rings is 1. The zero-order valence-electron chi connectivity index (χ0n) is 19.0. The van der Waals surface area contributed by atoms with Crippen molar-refractivity contribution in [2.75, 3.05) is 31.1 Å². The molecule has 1 aromatic carbocycles. The van der Waals surface area contributed by atoms with Crippen LogP contribution in [-0.2, 0) is 4.79 Å². The van der Waals surface area contributed by atoms with Crippen LogP contribution >= 0.6 is 11.3 Å². The number of amides is 3. The summed E-state index contributed by atoms with van der Waals surface area (Å²) in [7, 11) is 0. The Morgan fingerprint density at radius 2 is 1.85 bits per heavy atom. The van der Waals surface area contributed by atoms with Crippen molar-refractivity contribution in [1.82, 2.24) is 14.8 Å². The third kappa shape index (κ3) is 4.05. The average molecular weight is 467 g/mol. The van der Waals surface area contributed by atoms with Gasteiger partial charge in [-0.3, -0.25) is 19.3 Å². The Hall–Kier alpha value is -2.74. The molecule has 3 aliphatic heterocycles. The Balaban J connectivity index is 1.39. The quantitative estimate of drug-likeness (QED) is 0.634. The maximum absolute atomic E-state index is 13.5. The van der Waals surface area contributed by atoms with Crippen LogP contribution in [0.15, 0.2) is 29.8 Å². The summed E-state index contributed by atoms with van der Waals surface area (Å²) in [6, 6.07) is 5.08. The number of benzene rings is 1. The molecular formula is C25H30N4O3S. The van der Waals surface area contributed by atoms with E-state index >= 15 is 0 Å². The van der Waals surface area contributed by atoms with Gasteiger partial charge in [0.15, 0.2) is 0 Å². The normalized spacial score (nSPS) is 22.3. The van der Waals surface area contributed by atoms with Crippen LogP contribution in [0, 0.1) is 5.92 Å². The molecule has 0 aliphatic carbocycles. The number of thiazole rings is 1. The minimum absolute atomic E-state index is 0.0646. The highest BCUT2D eigenvalue weighted by Gasteiger charge is 2.42. The number of hydrogen-bond donors (Lipinski definition) is 0. The van der Waals surface area contributed by atoms with E-state index in [0.29, 0.717) is 17.7 Å². The number of imide groups is 1. The van der Waals surface area contributed by atoms with Crippen molar-refractivity contribution in [1.29, 1.82) is 0 Å². The summed E-state index contributed by atoms with van der Waals surface area (Å²) < 4.78 is 0. The molecule has 2 aromatic rings. The molecule has 2 atom stereocenters. The van der Waals surface area contributed by atoms with Crippen LogP contribution < -0.4 is 4.90 Å². The molecule has 3 amide bonds. The highest BCUT2D eigenvalue weighted by Crippen LogP contribution is 2.38. The van der Waals surface area contributed by atoms with E-state index in [0.717, 1.165) is 56.0 Å². The minimum Gasteiger partial charge on any atom is -0.370 e. The molecule has 33 heavy (non-hydrogen) atoms. The van der Waals surface area contributed by atoms with Gasteiger partial charge in [-0.25, -0.2) is 4.98 Å². The Bertz CT molecular complexity index is 1050. The van der Waals surface area contributed by atoms with Crippen LogP contribution in [0.3, 0.4) is 0 Å². The van der Waals surface area contributed by atoms with Crippen LogP contribution in [0.25, 0.3) is 0 Å². The Morgan fingerprint density at radius 3 is 2.58 bits per heavy atom. The van der Waals surface area contributed by atoms with Gasteiger partial charge in [-0.2, -0.15) is 0 Å². The van der Waals surface area contributed by atoms with E-state index in [9.17, 15) is 14.4 Å². The van der Waals surface area contributed by atoms with Crippen LogP contribution in [0.1, 0.15) is 77.2 Å². The second kappa shape index (κ2) is 9.25. The lowest BCUT2D eigenvalue weighted by molar-refractivity contribution is -0.135. The van der Waals surface area contributed by atoms with Gasteiger partial charge in [0.1, 0.15) is 5.01 Å². The lowest BCUT2D eigenvalue weighted by atomic mass is 9.94. The van der Waals surface area contributed by atoms with Crippen LogP contribution in [-0.4, -0.2) is 58.7 Å². The molecule has 4 heterocycles. The molecule has 3 aliphatic rings. The Morgan fingerprint density at radius 1 is 1.06 bits per heavy atom. The summed E-state index contributed by atoms with van der Waals surface area (Å²) in [4.78, 5) is 49.8. The maximum Gasteiger partial charge on any atom is 0.264 e. The van der Waals surface area contributed by atoms with Crippen molar-refractivity contribution in [3.63, 3.8) is 0 Å². The number of carbonyl (C=O) groups excluding carboxylic acids is 3. The molecule has 0 unspecified atom stereocenters. The van der Waals surface area contributed by atoms with Gasteiger partial charge in [-0.1, -0.05) is 18.9 Å². The Kier molecular flexibility index (Phi) is 6.19. The third-order valence-corrected chi connectivity index (χ3v) is 8.10. The largest absolute Gasteiger partial charge is 0.370 e. The fourth-order valence-corrected chi connectivity index (χ4v) is 6.08. The van der Waals surface area contributed by atoms with Gasteiger partial charge in [0, 0.05) is 37.8 Å². The van der Waals surface area contributed by atoms with Gasteiger partial charge in [-0.05, 0) is 44.7 Å². The fraction of sp³-hybridized carbons (Fsp3) is 0.520. The van der Waals surface area contributed by atoms with E-state index in [2.05, 4.69) is 9.88 Å². The second-order valence-electron chi connectivity index (χ2n) is 9.25. The fourth-order valence-electron chi connectivity index (χ4n) is 5.40. The molecular weight excluding hydrogens is 436 g/mol. The van der Waals surface area contributed by atoms with E-state index in [1.165, 1.54) is 29.1 Å². The number of carbonyl (C=O) groups is 3. The third-order valence-electron chi connectivity index (χ3n) is 7.15. The molecule has 0 radical (unpaired) electrons. The molecule has 2 saturated heterocycles. The molecule has 7 nitrogen and oxygen atoms in total. The molecule has 0 bridgehead atoms. The topological polar surface area (TPSA) is 73.8 Å². The molecule has 5 rings (SSSR count). The van der Waals surface area contributed by atoms with E-state index in [1.807, 2.05) is 29.3 Å². The summed E-state index contributed by atoms with van der Waals surface area (Å²) in [5.74, 6) is -0.358. The van der Waals surface area contributed by atoms with Crippen molar-refractivity contribution in [3.8, 4) is 0 Å². The number of hydrogen-bond acceptors (Lipinski definition) is 6. The smallest absolute Gasteiger partial charge is 0.264 e. The number of nitrogens with zero attached hydrogens (tertiary/aromatic N) is 4. The van der Waals surface area contributed by atoms with Gasteiger partial charge in [0.05, 0.1) is 28.8 Å². The van der Waals surface area contributed by atoms with Crippen LogP contribution in [0.2, 0.25) is 0 Å². The number of rotatable bonds is 4. The molecule has 174 valence electrons. The number of anilines is 1. The van der Waals surface area contributed by atoms with E-state index in [-0.39, 0.29) is 23.6 Å². The van der Waals surface area contributed by atoms with E-state index < -0.39 is 6.04 Å². The van der Waals surface area contributed by atoms with Crippen molar-refractivity contribution >= 4 is 34.7 Å². The van der Waals surface area contributed by atoms with E-state index in [1.54, 1.807) is 12.3 Å². The molecule has 8 heteroatoms. The number of aromatic nitrogens is 1. The predicted octanol–water partition coefficient (Wildman–Crippen LogP) is 4.12. The first-order chi connectivity index (χ1) is 16.1. The number of likely N-dealkylation sites (tertiary alicyclic amines) is 1. The zero-order valence-corrected chi connectivity index (χ0v) is 19.9. The second-order valence-corrected chi connectivity index (χ2v) is 10.2. The van der Waals surface area contributed by atoms with Crippen LogP contribution in [0.5, 0.6) is 0 Å². The predicted molar refractivity (Wildman–Crippen MR) is 127 cm³/mol. The van der Waals surface area contributed by atoms with Gasteiger partial charge in [0.25, 0.3) is 11.8 Å². The lowest BCUT2D eigenvalue weighted by Gasteiger charge is -2.36. The first-order valence-electron chi connectivity index (χ1n) is 12.0. The Labute approximate surface area is 198 Å². The van der Waals surface area contributed by atoms with Crippen LogP contribution in [0.4, 0.5) is 5.69 Å². The zero-order chi connectivity index (χ0) is 22.9. The molecule has 2 fully saturated rings. The van der Waals surface area contributed by atoms with Crippen molar-refractivity contribution in [2.24, 2.45) is 5.92 Å². The highest BCUT2D eigenvalue weighted by atomic mass is 32.1. The van der Waals surface area contributed by atoms with Gasteiger partial charge in [-0.15, -0.1) is 11.3 Å². The summed E-state index contributed by atoms with van der Waals surface area (Å²) in [6.07, 6.45) is 8.02. The minimum atomic E-state index is -0.413. The molecule has 0 spiro atoms. The summed E-state index contributed by atoms with van der Waals surface area (Å²) >= 11 is 1.44. The summed E-state index contributed by atoms with van der Waals surface area (Å²) in [5, 5.41) is 2.59. The standard InChI is InChI=1S/C25H30N4O3S/c1-17(22-26-11-15-33-22)29-24(31)19-9-6-10-20(21(19)25(29)32)28-14-7-8-18(16-28)23(30)27-12-4-2-3-5-13-27/h6,9-11,15,17-18H,2-5,7-8,12-14,16H2,1H3/t17-,18+/m1/s1. The summed E-state index contributed by atoms with van der Waals surface area (Å²) in [6.45, 7) is 4.93. The monoisotopic (exact) mass is 466 g/mol. The van der Waals surface area contributed by atoms with Gasteiger partial charge >= 0.3 is 0 Å². The first-order valence-corrected chi connectivity index (χ1v) is 12.9. The van der Waals surface area contributed by atoms with Gasteiger partial charge < -0.3 is 9.80 Å². The molecule has 1 aromatic heterocycles. The SMILES string of the molecule is C[C@H](c1nccs1)N1C(=O)c2cccc(N3CCC[C@H](C(=O)N4CCCCCC4)C3)c2C1=O. The van der Waals surface area contributed by atoms with Crippen molar-refractivity contribution in [2.45, 2.75) is 51.5 Å². The number of fused-ring (bicyclic) bond motifs is 1. The highest BCUT2D eigenvalue weighted by molar-refractivity contribution is 7.09. The van der Waals surface area contributed by atoms with Crippen molar-refractivity contribution in [3.05, 3.63) is 45.9 Å². The van der Waals surface area contributed by atoms with E-state index in [4.69, 9.17) is 0 Å². The molecule has 0 saturated carbocycles. The lowest BCUT2D eigenvalue weighted by Crippen LogP contribution is -2.45. The molecule has 0 N–H and O–H groups in total.